The highest BCUT2D eigenvalue weighted by Crippen LogP contribution is 2.32. The molecule has 0 spiro atoms. The Labute approximate surface area is 115 Å². The average Bonchev–Trinajstić information content (AvgIpc) is 2.66. The summed E-state index contributed by atoms with van der Waals surface area (Å²) in [6.45, 7) is 7.16. The van der Waals surface area contributed by atoms with Gasteiger partial charge in [0.15, 0.2) is 0 Å². The van der Waals surface area contributed by atoms with Crippen molar-refractivity contribution in [1.82, 2.24) is 4.90 Å². The molecule has 0 radical (unpaired) electrons. The molecule has 2 saturated heterocycles. The number of carbonyl (C=O) groups excluding carboxylic acids is 1. The highest BCUT2D eigenvalue weighted by atomic mass is 16.5. The van der Waals surface area contributed by atoms with Crippen LogP contribution in [0.5, 0.6) is 0 Å². The summed E-state index contributed by atoms with van der Waals surface area (Å²) in [5.41, 5.74) is -0.0907. The number of hydrogen-bond acceptors (Lipinski definition) is 5. The molecule has 2 fully saturated rings. The zero-order valence-corrected chi connectivity index (χ0v) is 11.9. The Balaban J connectivity index is 2.07. The number of hydrogen-bond donors (Lipinski definition) is 0. The lowest BCUT2D eigenvalue weighted by molar-refractivity contribution is -0.148. The van der Waals surface area contributed by atoms with Crippen molar-refractivity contribution in [3.8, 4) is 0 Å². The third-order valence-corrected chi connectivity index (χ3v) is 4.10. The van der Waals surface area contributed by atoms with E-state index in [-0.39, 0.29) is 11.5 Å². The SMILES string of the molecule is CCOC(=O)CC1(N2CCOCC2)CCCOCC1. The van der Waals surface area contributed by atoms with E-state index >= 15 is 0 Å². The van der Waals surface area contributed by atoms with Crippen LogP contribution in [0.2, 0.25) is 0 Å². The van der Waals surface area contributed by atoms with Crippen molar-refractivity contribution in [3.05, 3.63) is 0 Å². The van der Waals surface area contributed by atoms with Gasteiger partial charge in [0.2, 0.25) is 0 Å². The van der Waals surface area contributed by atoms with Crippen molar-refractivity contribution in [2.45, 2.75) is 38.1 Å². The number of nitrogens with zero attached hydrogens (tertiary/aromatic N) is 1. The van der Waals surface area contributed by atoms with Gasteiger partial charge in [-0.2, -0.15) is 0 Å². The van der Waals surface area contributed by atoms with E-state index in [2.05, 4.69) is 4.90 Å². The van der Waals surface area contributed by atoms with Crippen molar-refractivity contribution in [2.75, 3.05) is 46.1 Å². The molecular weight excluding hydrogens is 246 g/mol. The van der Waals surface area contributed by atoms with Crippen LogP contribution in [0.25, 0.3) is 0 Å². The Kier molecular flexibility index (Phi) is 5.60. The Morgan fingerprint density at radius 2 is 1.89 bits per heavy atom. The maximum atomic E-state index is 12.0. The molecule has 0 aromatic rings. The Morgan fingerprint density at radius 1 is 1.16 bits per heavy atom. The van der Waals surface area contributed by atoms with Gasteiger partial charge in [-0.1, -0.05) is 0 Å². The van der Waals surface area contributed by atoms with Gasteiger partial charge in [0.05, 0.1) is 26.2 Å². The Bertz CT molecular complexity index is 281. The van der Waals surface area contributed by atoms with Gasteiger partial charge >= 0.3 is 5.97 Å². The number of esters is 1. The molecule has 2 rings (SSSR count). The lowest BCUT2D eigenvalue weighted by atomic mass is 9.84. The largest absolute Gasteiger partial charge is 0.466 e. The minimum absolute atomic E-state index is 0.0871. The van der Waals surface area contributed by atoms with E-state index in [1.807, 2.05) is 6.92 Å². The molecule has 0 aromatic heterocycles. The predicted octanol–water partition coefficient (Wildman–Crippen LogP) is 1.21. The second-order valence-corrected chi connectivity index (χ2v) is 5.27. The molecule has 5 heteroatoms. The monoisotopic (exact) mass is 271 g/mol. The van der Waals surface area contributed by atoms with Crippen molar-refractivity contribution >= 4 is 5.97 Å². The maximum absolute atomic E-state index is 12.0. The van der Waals surface area contributed by atoms with Crippen LogP contribution in [0.1, 0.15) is 32.6 Å². The molecule has 2 aliphatic heterocycles. The minimum Gasteiger partial charge on any atom is -0.466 e. The summed E-state index contributed by atoms with van der Waals surface area (Å²) >= 11 is 0. The first-order valence-corrected chi connectivity index (χ1v) is 7.33. The molecular formula is C14H25NO4. The normalized spacial score (nSPS) is 29.7. The number of ether oxygens (including phenoxy) is 3. The first-order valence-electron chi connectivity index (χ1n) is 7.33. The molecule has 1 atom stereocenters. The minimum atomic E-state index is -0.0907. The molecule has 0 aromatic carbocycles. The van der Waals surface area contributed by atoms with Crippen molar-refractivity contribution in [1.29, 1.82) is 0 Å². The smallest absolute Gasteiger partial charge is 0.307 e. The molecule has 110 valence electrons. The zero-order valence-electron chi connectivity index (χ0n) is 11.9. The third-order valence-electron chi connectivity index (χ3n) is 4.10. The van der Waals surface area contributed by atoms with Crippen molar-refractivity contribution < 1.29 is 19.0 Å². The highest BCUT2D eigenvalue weighted by molar-refractivity contribution is 5.71. The number of morpholine rings is 1. The lowest BCUT2D eigenvalue weighted by Gasteiger charge is -2.44. The van der Waals surface area contributed by atoms with Gasteiger partial charge in [0, 0.05) is 31.8 Å². The summed E-state index contributed by atoms with van der Waals surface area (Å²) in [5, 5.41) is 0. The standard InChI is InChI=1S/C14H25NO4/c1-2-19-13(16)12-14(4-3-8-17-9-5-14)15-6-10-18-11-7-15/h2-12H2,1H3. The molecule has 19 heavy (non-hydrogen) atoms. The summed E-state index contributed by atoms with van der Waals surface area (Å²) in [5.74, 6) is -0.0871. The summed E-state index contributed by atoms with van der Waals surface area (Å²) in [6.07, 6.45) is 3.40. The molecule has 0 amide bonds. The maximum Gasteiger partial charge on any atom is 0.307 e. The van der Waals surface area contributed by atoms with Crippen LogP contribution >= 0.6 is 0 Å². The van der Waals surface area contributed by atoms with E-state index in [9.17, 15) is 4.79 Å². The molecule has 2 heterocycles. The van der Waals surface area contributed by atoms with Gasteiger partial charge in [0.25, 0.3) is 0 Å². The van der Waals surface area contributed by atoms with Crippen LogP contribution in [0.4, 0.5) is 0 Å². The summed E-state index contributed by atoms with van der Waals surface area (Å²) in [4.78, 5) is 14.4. The molecule has 0 saturated carbocycles. The van der Waals surface area contributed by atoms with E-state index in [1.165, 1.54) is 0 Å². The van der Waals surface area contributed by atoms with E-state index in [4.69, 9.17) is 14.2 Å². The number of carbonyl (C=O) groups is 1. The van der Waals surface area contributed by atoms with E-state index in [1.54, 1.807) is 0 Å². The quantitative estimate of drug-likeness (QED) is 0.719. The highest BCUT2D eigenvalue weighted by Gasteiger charge is 2.40. The first kappa shape index (κ1) is 14.8. The Morgan fingerprint density at radius 3 is 2.63 bits per heavy atom. The molecule has 5 nitrogen and oxygen atoms in total. The van der Waals surface area contributed by atoms with Gasteiger partial charge in [-0.05, 0) is 26.2 Å². The molecule has 1 unspecified atom stereocenters. The van der Waals surface area contributed by atoms with Crippen molar-refractivity contribution in [2.24, 2.45) is 0 Å². The second kappa shape index (κ2) is 7.22. The van der Waals surface area contributed by atoms with Crippen molar-refractivity contribution in [3.63, 3.8) is 0 Å². The van der Waals surface area contributed by atoms with Gasteiger partial charge < -0.3 is 14.2 Å². The first-order chi connectivity index (χ1) is 9.27. The molecule has 0 N–H and O–H groups in total. The fourth-order valence-electron chi connectivity index (χ4n) is 3.12. The van der Waals surface area contributed by atoms with Gasteiger partial charge in [-0.15, -0.1) is 0 Å². The van der Waals surface area contributed by atoms with Gasteiger partial charge in [0.1, 0.15) is 0 Å². The molecule has 0 bridgehead atoms. The second-order valence-electron chi connectivity index (χ2n) is 5.27. The van der Waals surface area contributed by atoms with Crippen LogP contribution in [0, 0.1) is 0 Å². The fraction of sp³-hybridized carbons (Fsp3) is 0.929. The summed E-state index contributed by atoms with van der Waals surface area (Å²) < 4.78 is 16.2. The fourth-order valence-corrected chi connectivity index (χ4v) is 3.12. The van der Waals surface area contributed by atoms with Crippen LogP contribution in [-0.2, 0) is 19.0 Å². The number of rotatable bonds is 4. The molecule has 2 aliphatic rings. The lowest BCUT2D eigenvalue weighted by Crippen LogP contribution is -2.54. The van der Waals surface area contributed by atoms with Gasteiger partial charge in [-0.25, -0.2) is 0 Å². The van der Waals surface area contributed by atoms with Crippen LogP contribution in [0.3, 0.4) is 0 Å². The van der Waals surface area contributed by atoms with Crippen LogP contribution in [-0.4, -0.2) is 62.5 Å². The topological polar surface area (TPSA) is 48.0 Å². The zero-order chi connectivity index (χ0) is 13.6. The van der Waals surface area contributed by atoms with E-state index in [0.717, 1.165) is 58.8 Å². The van der Waals surface area contributed by atoms with E-state index in [0.29, 0.717) is 13.0 Å². The van der Waals surface area contributed by atoms with Gasteiger partial charge in [-0.3, -0.25) is 9.69 Å². The summed E-state index contributed by atoms with van der Waals surface area (Å²) in [6, 6.07) is 0. The van der Waals surface area contributed by atoms with Crippen LogP contribution < -0.4 is 0 Å². The predicted molar refractivity (Wildman–Crippen MR) is 71.0 cm³/mol. The average molecular weight is 271 g/mol. The van der Waals surface area contributed by atoms with Crippen LogP contribution in [0.15, 0.2) is 0 Å². The summed E-state index contributed by atoms with van der Waals surface area (Å²) in [7, 11) is 0. The van der Waals surface area contributed by atoms with E-state index < -0.39 is 0 Å². The Hall–Kier alpha value is -0.650. The third kappa shape index (κ3) is 3.91. The molecule has 0 aliphatic carbocycles.